The van der Waals surface area contributed by atoms with Gasteiger partial charge in [-0.1, -0.05) is 26.7 Å². The average molecular weight is 238 g/mol. The molecule has 1 saturated carbocycles. The van der Waals surface area contributed by atoms with E-state index in [1.165, 1.54) is 19.3 Å². The minimum Gasteiger partial charge on any atom is -0.339 e. The summed E-state index contributed by atoms with van der Waals surface area (Å²) in [5, 5.41) is 0. The molecule has 1 saturated heterocycles. The highest BCUT2D eigenvalue weighted by Gasteiger charge is 2.51. The van der Waals surface area contributed by atoms with Crippen LogP contribution >= 0.6 is 0 Å². The van der Waals surface area contributed by atoms with Gasteiger partial charge in [0.15, 0.2) is 0 Å². The molecule has 2 fully saturated rings. The van der Waals surface area contributed by atoms with Crippen molar-refractivity contribution in [2.45, 2.75) is 58.4 Å². The Morgan fingerprint density at radius 2 is 2.29 bits per heavy atom. The lowest BCUT2D eigenvalue weighted by Gasteiger charge is -2.32. The van der Waals surface area contributed by atoms with E-state index < -0.39 is 0 Å². The van der Waals surface area contributed by atoms with E-state index in [1.54, 1.807) is 0 Å². The van der Waals surface area contributed by atoms with Crippen LogP contribution in [0.1, 0.15) is 52.4 Å². The molecule has 2 N–H and O–H groups in total. The standard InChI is InChI=1S/C14H26N2O/c1-3-5-11(2)13(17)16-9-8-14(10-15)7-4-6-12(14)16/h11-12H,3-10,15H2,1-2H3/t11?,12-,14-/m1/s1. The molecule has 1 unspecified atom stereocenters. The summed E-state index contributed by atoms with van der Waals surface area (Å²) in [4.78, 5) is 14.6. The summed E-state index contributed by atoms with van der Waals surface area (Å²) in [5.74, 6) is 0.559. The smallest absolute Gasteiger partial charge is 0.225 e. The Morgan fingerprint density at radius 1 is 1.53 bits per heavy atom. The zero-order valence-electron chi connectivity index (χ0n) is 11.2. The van der Waals surface area contributed by atoms with E-state index in [9.17, 15) is 4.79 Å². The molecule has 0 radical (unpaired) electrons. The molecule has 1 amide bonds. The van der Waals surface area contributed by atoms with Crippen LogP contribution in [0.25, 0.3) is 0 Å². The van der Waals surface area contributed by atoms with Gasteiger partial charge in [-0.05, 0) is 32.2 Å². The quantitative estimate of drug-likeness (QED) is 0.815. The highest BCUT2D eigenvalue weighted by Crippen LogP contribution is 2.48. The van der Waals surface area contributed by atoms with Crippen LogP contribution in [-0.4, -0.2) is 29.9 Å². The Hall–Kier alpha value is -0.570. The van der Waals surface area contributed by atoms with Crippen molar-refractivity contribution in [3.8, 4) is 0 Å². The zero-order valence-corrected chi connectivity index (χ0v) is 11.2. The number of fused-ring (bicyclic) bond motifs is 1. The van der Waals surface area contributed by atoms with Crippen LogP contribution in [0.2, 0.25) is 0 Å². The van der Waals surface area contributed by atoms with Crippen molar-refractivity contribution in [2.24, 2.45) is 17.1 Å². The first-order chi connectivity index (χ1) is 8.14. The van der Waals surface area contributed by atoms with Gasteiger partial charge in [0.1, 0.15) is 0 Å². The van der Waals surface area contributed by atoms with Gasteiger partial charge in [0.2, 0.25) is 5.91 Å². The molecular formula is C14H26N2O. The maximum atomic E-state index is 12.4. The van der Waals surface area contributed by atoms with Crippen LogP contribution < -0.4 is 5.73 Å². The Morgan fingerprint density at radius 3 is 2.94 bits per heavy atom. The number of carbonyl (C=O) groups excluding carboxylic acids is 1. The van der Waals surface area contributed by atoms with E-state index in [2.05, 4.69) is 18.7 Å². The molecule has 2 rings (SSSR count). The fourth-order valence-corrected chi connectivity index (χ4v) is 3.84. The van der Waals surface area contributed by atoms with Crippen LogP contribution in [0.15, 0.2) is 0 Å². The number of likely N-dealkylation sites (tertiary alicyclic amines) is 1. The van der Waals surface area contributed by atoms with Crippen LogP contribution in [0.3, 0.4) is 0 Å². The Bertz CT molecular complexity index is 292. The van der Waals surface area contributed by atoms with Gasteiger partial charge < -0.3 is 10.6 Å². The summed E-state index contributed by atoms with van der Waals surface area (Å²) >= 11 is 0. The first kappa shape index (κ1) is 12.9. The maximum Gasteiger partial charge on any atom is 0.225 e. The molecular weight excluding hydrogens is 212 g/mol. The van der Waals surface area contributed by atoms with Gasteiger partial charge >= 0.3 is 0 Å². The Kier molecular flexibility index (Phi) is 3.76. The maximum absolute atomic E-state index is 12.4. The highest BCUT2D eigenvalue weighted by molar-refractivity contribution is 5.79. The van der Waals surface area contributed by atoms with Crippen molar-refractivity contribution in [2.75, 3.05) is 13.1 Å². The second kappa shape index (κ2) is 4.97. The molecule has 0 aromatic carbocycles. The van der Waals surface area contributed by atoms with Crippen molar-refractivity contribution in [1.82, 2.24) is 4.90 Å². The molecule has 1 aliphatic carbocycles. The summed E-state index contributed by atoms with van der Waals surface area (Å²) in [5.41, 5.74) is 6.23. The molecule has 3 atom stereocenters. The molecule has 1 aliphatic heterocycles. The number of rotatable bonds is 4. The molecule has 0 spiro atoms. The van der Waals surface area contributed by atoms with Crippen LogP contribution in [0.5, 0.6) is 0 Å². The number of hydrogen-bond donors (Lipinski definition) is 1. The van der Waals surface area contributed by atoms with Crippen molar-refractivity contribution < 1.29 is 4.79 Å². The molecule has 17 heavy (non-hydrogen) atoms. The largest absolute Gasteiger partial charge is 0.339 e. The normalized spacial score (nSPS) is 33.8. The molecule has 2 aliphatic rings. The number of hydrogen-bond acceptors (Lipinski definition) is 2. The SMILES string of the molecule is CCCC(C)C(=O)N1CC[C@@]2(CN)CCC[C@@H]12. The molecule has 3 heteroatoms. The zero-order chi connectivity index (χ0) is 12.5. The summed E-state index contributed by atoms with van der Waals surface area (Å²) in [7, 11) is 0. The molecule has 98 valence electrons. The van der Waals surface area contributed by atoms with Gasteiger partial charge in [0.25, 0.3) is 0 Å². The first-order valence-electron chi connectivity index (χ1n) is 7.15. The third-order valence-corrected chi connectivity index (χ3v) is 4.92. The Balaban J connectivity index is 2.06. The van der Waals surface area contributed by atoms with E-state index in [4.69, 9.17) is 5.73 Å². The van der Waals surface area contributed by atoms with Crippen LogP contribution in [0, 0.1) is 11.3 Å². The lowest BCUT2D eigenvalue weighted by molar-refractivity contribution is -0.136. The summed E-state index contributed by atoms with van der Waals surface area (Å²) in [6.07, 6.45) is 6.86. The lowest BCUT2D eigenvalue weighted by Crippen LogP contribution is -2.44. The molecule has 0 aromatic heterocycles. The number of nitrogens with zero attached hydrogens (tertiary/aromatic N) is 1. The van der Waals surface area contributed by atoms with Crippen molar-refractivity contribution in [3.63, 3.8) is 0 Å². The first-order valence-corrected chi connectivity index (χ1v) is 7.15. The summed E-state index contributed by atoms with van der Waals surface area (Å²) < 4.78 is 0. The van der Waals surface area contributed by atoms with E-state index in [0.29, 0.717) is 11.9 Å². The third-order valence-electron chi connectivity index (χ3n) is 4.92. The monoisotopic (exact) mass is 238 g/mol. The third kappa shape index (κ3) is 2.10. The summed E-state index contributed by atoms with van der Waals surface area (Å²) in [6.45, 7) is 5.91. The van der Waals surface area contributed by atoms with Gasteiger partial charge in [0, 0.05) is 23.9 Å². The molecule has 1 heterocycles. The van der Waals surface area contributed by atoms with Gasteiger partial charge in [-0.15, -0.1) is 0 Å². The van der Waals surface area contributed by atoms with Crippen molar-refractivity contribution in [1.29, 1.82) is 0 Å². The van der Waals surface area contributed by atoms with E-state index in [0.717, 1.165) is 32.4 Å². The minimum atomic E-state index is 0.189. The lowest BCUT2D eigenvalue weighted by atomic mass is 9.82. The molecule has 3 nitrogen and oxygen atoms in total. The van der Waals surface area contributed by atoms with E-state index in [1.807, 2.05) is 0 Å². The van der Waals surface area contributed by atoms with Crippen LogP contribution in [0.4, 0.5) is 0 Å². The number of amides is 1. The summed E-state index contributed by atoms with van der Waals surface area (Å²) in [6, 6.07) is 0.444. The van der Waals surface area contributed by atoms with Gasteiger partial charge in [-0.2, -0.15) is 0 Å². The second-order valence-corrected chi connectivity index (χ2v) is 5.95. The predicted octanol–water partition coefficient (Wildman–Crippen LogP) is 2.15. The number of nitrogens with two attached hydrogens (primary N) is 1. The number of carbonyl (C=O) groups is 1. The molecule has 0 aromatic rings. The van der Waals surface area contributed by atoms with E-state index >= 15 is 0 Å². The van der Waals surface area contributed by atoms with Gasteiger partial charge in [-0.3, -0.25) is 4.79 Å². The topological polar surface area (TPSA) is 46.3 Å². The van der Waals surface area contributed by atoms with Crippen molar-refractivity contribution in [3.05, 3.63) is 0 Å². The minimum absolute atomic E-state index is 0.189. The average Bonchev–Trinajstić information content (AvgIpc) is 2.86. The fraction of sp³-hybridized carbons (Fsp3) is 0.929. The van der Waals surface area contributed by atoms with Crippen molar-refractivity contribution >= 4 is 5.91 Å². The van der Waals surface area contributed by atoms with E-state index in [-0.39, 0.29) is 11.3 Å². The van der Waals surface area contributed by atoms with Gasteiger partial charge in [0.05, 0.1) is 0 Å². The fourth-order valence-electron chi connectivity index (χ4n) is 3.84. The Labute approximate surface area is 105 Å². The van der Waals surface area contributed by atoms with Crippen LogP contribution in [-0.2, 0) is 4.79 Å². The highest BCUT2D eigenvalue weighted by atomic mass is 16.2. The van der Waals surface area contributed by atoms with Gasteiger partial charge in [-0.25, -0.2) is 0 Å². The molecule has 0 bridgehead atoms. The second-order valence-electron chi connectivity index (χ2n) is 5.95. The predicted molar refractivity (Wildman–Crippen MR) is 69.5 cm³/mol.